The Balaban J connectivity index is 1.19. The van der Waals surface area contributed by atoms with Gasteiger partial charge in [-0.05, 0) is 45.8 Å². The third kappa shape index (κ3) is 5.96. The molecule has 11 heteroatoms. The molecule has 0 bridgehead atoms. The smallest absolute Gasteiger partial charge is 0.388 e. The Bertz CT molecular complexity index is 2310. The molecule has 5 aromatic carbocycles. The predicted molar refractivity (Wildman–Crippen MR) is 191 cm³/mol. The molecule has 0 radical (unpaired) electrons. The van der Waals surface area contributed by atoms with Crippen LogP contribution in [0.1, 0.15) is 22.3 Å². The number of carbonyl (C=O) groups excluding carboxylic acids is 1. The number of esters is 1. The van der Waals surface area contributed by atoms with Gasteiger partial charge in [0.2, 0.25) is 0 Å². The Hall–Kier alpha value is -5.06. The lowest BCUT2D eigenvalue weighted by Crippen LogP contribution is -2.64. The van der Waals surface area contributed by atoms with Crippen molar-refractivity contribution in [3.8, 4) is 0 Å². The second-order valence-electron chi connectivity index (χ2n) is 12.3. The first-order chi connectivity index (χ1) is 25.1. The van der Waals surface area contributed by atoms with Crippen LogP contribution in [0.2, 0.25) is 0 Å². The molecule has 51 heavy (non-hydrogen) atoms. The first-order valence-corrected chi connectivity index (χ1v) is 17.7. The van der Waals surface area contributed by atoms with Crippen LogP contribution >= 0.6 is 8.24 Å². The molecule has 6 atom stereocenters. The summed E-state index contributed by atoms with van der Waals surface area (Å²) in [5, 5.41) is 5.93. The van der Waals surface area contributed by atoms with E-state index >= 15 is 0 Å². The number of methoxy groups -OCH3 is 1. The standard InChI is InChI=1S/C40H32NO9P/c1-43-40-37(36(46-38(42)29-17-9-10-22-41-29)35-32(45-40)23-44-39(47-35)26-13-3-2-4-14-26)50-51-48-30-20-18-24-11-5-7-15-27(24)33(30)34-28-16-8-6-12-25(28)19-21-31(34)49-51/h2-22,32,35-37,39-40H,23H2,1H3/t32-,35-,36+,37-,39?,40+/m1/s1. The molecule has 0 spiro atoms. The maximum atomic E-state index is 13.6. The molecule has 4 heterocycles. The number of carbonyl (C=O) groups is 1. The van der Waals surface area contributed by atoms with Crippen molar-refractivity contribution in [2.75, 3.05) is 13.7 Å². The second-order valence-corrected chi connectivity index (χ2v) is 13.4. The highest BCUT2D eigenvalue weighted by atomic mass is 31.1. The topological polar surface area (TPSA) is 112 Å². The second kappa shape index (κ2) is 13.6. The van der Waals surface area contributed by atoms with Crippen molar-refractivity contribution in [2.24, 2.45) is 0 Å². The molecule has 2 aliphatic rings. The summed E-state index contributed by atoms with van der Waals surface area (Å²) in [5.41, 5.74) is 2.12. The van der Waals surface area contributed by atoms with Gasteiger partial charge in [0.25, 0.3) is 0 Å². The summed E-state index contributed by atoms with van der Waals surface area (Å²) in [6.07, 6.45) is -3.73. The number of fused-ring (bicyclic) bond motifs is 8. The number of benzene rings is 5. The molecule has 256 valence electrons. The minimum Gasteiger partial charge on any atom is -0.452 e. The lowest BCUT2D eigenvalue weighted by Gasteiger charge is -2.47. The van der Waals surface area contributed by atoms with Crippen molar-refractivity contribution in [3.05, 3.63) is 139 Å². The van der Waals surface area contributed by atoms with Gasteiger partial charge in [0.1, 0.15) is 29.1 Å². The maximum absolute atomic E-state index is 13.6. The minimum absolute atomic E-state index is 0.134. The monoisotopic (exact) mass is 701 g/mol. The van der Waals surface area contributed by atoms with E-state index < -0.39 is 51.2 Å². The van der Waals surface area contributed by atoms with E-state index in [-0.39, 0.29) is 12.3 Å². The van der Waals surface area contributed by atoms with Crippen LogP contribution < -0.4 is 4.52 Å². The highest BCUT2D eigenvalue weighted by Gasteiger charge is 2.54. The number of pyridine rings is 1. The molecule has 1 unspecified atom stereocenters. The Kier molecular flexibility index (Phi) is 8.49. The molecule has 2 fully saturated rings. The van der Waals surface area contributed by atoms with Crippen LogP contribution in [0.25, 0.3) is 43.5 Å². The van der Waals surface area contributed by atoms with Gasteiger partial charge < -0.3 is 32.1 Å². The van der Waals surface area contributed by atoms with Crippen LogP contribution in [0.5, 0.6) is 0 Å². The molecule has 2 aromatic heterocycles. The zero-order valence-electron chi connectivity index (χ0n) is 27.4. The summed E-state index contributed by atoms with van der Waals surface area (Å²) in [7, 11) is -0.675. The van der Waals surface area contributed by atoms with Gasteiger partial charge in [-0.3, -0.25) is 4.52 Å². The number of aromatic nitrogens is 1. The Morgan fingerprint density at radius 1 is 0.725 bits per heavy atom. The van der Waals surface area contributed by atoms with Crippen LogP contribution in [-0.4, -0.2) is 55.4 Å². The highest BCUT2D eigenvalue weighted by molar-refractivity contribution is 7.31. The van der Waals surface area contributed by atoms with Gasteiger partial charge in [0, 0.05) is 29.6 Å². The first-order valence-electron chi connectivity index (χ1n) is 16.6. The zero-order valence-corrected chi connectivity index (χ0v) is 28.3. The minimum atomic E-state index is -2.18. The molecule has 0 amide bonds. The van der Waals surface area contributed by atoms with E-state index in [1.165, 1.54) is 13.3 Å². The average molecular weight is 702 g/mol. The van der Waals surface area contributed by atoms with Crippen molar-refractivity contribution in [1.82, 2.24) is 4.98 Å². The zero-order chi connectivity index (χ0) is 34.3. The SMILES string of the molecule is CO[C@H]1O[C@@H]2COC(c3ccccc3)O[C@H]2[C@H](OC(=O)c2ccccn2)[C@H]1Op1oc2ccc3ccccc3c2c2c(ccc3ccccc32)o1. The predicted octanol–water partition coefficient (Wildman–Crippen LogP) is 8.50. The fourth-order valence-corrected chi connectivity index (χ4v) is 8.09. The van der Waals surface area contributed by atoms with E-state index in [1.54, 1.807) is 18.2 Å². The van der Waals surface area contributed by atoms with E-state index in [4.69, 9.17) is 36.6 Å². The van der Waals surface area contributed by atoms with Crippen LogP contribution in [-0.2, 0) is 23.7 Å². The quantitative estimate of drug-likeness (QED) is 0.157. The Labute approximate surface area is 293 Å². The molecule has 10 nitrogen and oxygen atoms in total. The number of nitrogens with zero attached hydrogens (tertiary/aromatic N) is 1. The largest absolute Gasteiger partial charge is 0.452 e. The molecule has 9 rings (SSSR count). The summed E-state index contributed by atoms with van der Waals surface area (Å²) in [4.78, 5) is 17.9. The Morgan fingerprint density at radius 2 is 1.37 bits per heavy atom. The first kappa shape index (κ1) is 31.9. The molecule has 2 saturated heterocycles. The number of rotatable bonds is 6. The Morgan fingerprint density at radius 3 is 2.02 bits per heavy atom. The normalized spacial score (nSPS) is 23.3. The highest BCUT2D eigenvalue weighted by Crippen LogP contribution is 2.43. The van der Waals surface area contributed by atoms with Crippen LogP contribution in [0.3, 0.4) is 0 Å². The van der Waals surface area contributed by atoms with Crippen molar-refractivity contribution in [2.45, 2.75) is 37.0 Å². The molecule has 7 aromatic rings. The van der Waals surface area contributed by atoms with Crippen molar-refractivity contribution in [3.63, 3.8) is 0 Å². The van der Waals surface area contributed by atoms with Gasteiger partial charge in [0.15, 0.2) is 24.8 Å². The van der Waals surface area contributed by atoms with Crippen LogP contribution in [0.4, 0.5) is 0 Å². The summed E-state index contributed by atoms with van der Waals surface area (Å²) in [6.45, 7) is 0.164. The van der Waals surface area contributed by atoms with E-state index in [2.05, 4.69) is 29.2 Å². The van der Waals surface area contributed by atoms with Crippen molar-refractivity contribution >= 4 is 57.7 Å². The average Bonchev–Trinajstić information content (AvgIpc) is 3.35. The third-order valence-corrected chi connectivity index (χ3v) is 10.4. The molecule has 0 N–H and O–H groups in total. The van der Waals surface area contributed by atoms with Gasteiger partial charge in [0.05, 0.1) is 6.61 Å². The van der Waals surface area contributed by atoms with E-state index in [1.807, 2.05) is 78.9 Å². The van der Waals surface area contributed by atoms with Crippen LogP contribution in [0.15, 0.2) is 136 Å². The fraction of sp³-hybridized carbons (Fsp3) is 0.200. The van der Waals surface area contributed by atoms with Gasteiger partial charge >= 0.3 is 14.2 Å². The third-order valence-electron chi connectivity index (χ3n) is 9.29. The molecule has 0 aliphatic carbocycles. The van der Waals surface area contributed by atoms with Gasteiger partial charge in [-0.1, -0.05) is 97.1 Å². The summed E-state index contributed by atoms with van der Waals surface area (Å²) >= 11 is 0. The molecule has 2 aliphatic heterocycles. The summed E-state index contributed by atoms with van der Waals surface area (Å²) in [5.74, 6) is -0.653. The van der Waals surface area contributed by atoms with Gasteiger partial charge in [-0.15, -0.1) is 0 Å². The van der Waals surface area contributed by atoms with Crippen molar-refractivity contribution in [1.29, 1.82) is 0 Å². The van der Waals surface area contributed by atoms with Crippen LogP contribution in [0, 0.1) is 0 Å². The summed E-state index contributed by atoms with van der Waals surface area (Å²) < 4.78 is 51.1. The van der Waals surface area contributed by atoms with E-state index in [0.717, 1.165) is 37.9 Å². The number of hydrogen-bond donors (Lipinski definition) is 0. The van der Waals surface area contributed by atoms with Gasteiger partial charge in [-0.25, -0.2) is 9.78 Å². The molecular formula is C40H32NO9P. The maximum Gasteiger partial charge on any atom is 0.388 e. The number of hydrogen-bond acceptors (Lipinski definition) is 10. The number of ether oxygens (including phenoxy) is 5. The molecule has 0 saturated carbocycles. The van der Waals surface area contributed by atoms with E-state index in [0.29, 0.717) is 11.2 Å². The fourth-order valence-electron chi connectivity index (χ4n) is 6.92. The summed E-state index contributed by atoms with van der Waals surface area (Å²) in [6, 6.07) is 38.8. The van der Waals surface area contributed by atoms with Gasteiger partial charge in [-0.2, -0.15) is 0 Å². The molecular weight excluding hydrogens is 669 g/mol. The lowest BCUT2D eigenvalue weighted by atomic mass is 9.97. The van der Waals surface area contributed by atoms with Crippen molar-refractivity contribution < 1.29 is 41.4 Å². The van der Waals surface area contributed by atoms with E-state index in [9.17, 15) is 4.79 Å². The lowest BCUT2D eigenvalue weighted by molar-refractivity contribution is -0.351.